The summed E-state index contributed by atoms with van der Waals surface area (Å²) in [5, 5.41) is 28.0. The molecule has 2 heterocycles. The Bertz CT molecular complexity index is 3780. The van der Waals surface area contributed by atoms with Gasteiger partial charge in [-0.3, -0.25) is 38.4 Å². The number of amides is 8. The van der Waals surface area contributed by atoms with E-state index in [1.165, 1.54) is 0 Å². The van der Waals surface area contributed by atoms with E-state index in [2.05, 4.69) is 44.9 Å². The minimum atomic E-state index is -1.39. The predicted octanol–water partition coefficient (Wildman–Crippen LogP) is 7.94. The molecule has 11 atom stereocenters. The Morgan fingerprint density at radius 2 is 1.47 bits per heavy atom. The molecular weight excluding hydrogens is 1390 g/mol. The summed E-state index contributed by atoms with van der Waals surface area (Å²) in [6.07, 6.45) is 8.71. The number of ether oxygens (including phenoxy) is 8. The lowest BCUT2D eigenvalue weighted by Crippen LogP contribution is -2.63. The minimum absolute atomic E-state index is 0.0149. The summed E-state index contributed by atoms with van der Waals surface area (Å²) in [4.78, 5) is 134. The number of aliphatic hydroxyl groups is 1. The first-order chi connectivity index (χ1) is 51.7. The van der Waals surface area contributed by atoms with Crippen LogP contribution in [0.1, 0.15) is 148 Å². The minimum Gasteiger partial charge on any atom is -0.445 e. The fourth-order valence-electron chi connectivity index (χ4n) is 17.0. The number of carbonyl (C=O) groups is 10. The van der Waals surface area contributed by atoms with Gasteiger partial charge in [0.1, 0.15) is 38.3 Å². The fraction of sp³-hybridized carbons (Fsp3) is 0.580. The van der Waals surface area contributed by atoms with E-state index >= 15 is 0 Å². The van der Waals surface area contributed by atoms with Crippen LogP contribution in [0.15, 0.2) is 96.6 Å². The summed E-state index contributed by atoms with van der Waals surface area (Å²) in [5.41, 5.74) is 8.28. The van der Waals surface area contributed by atoms with Crippen molar-refractivity contribution in [1.82, 2.24) is 26.6 Å². The standard InChI is InChI=1S/C81H110N8O19/c1-9-15-71-107-67-44-61-60-26-23-56-43-58(90)29-31-79(56,7)73(60)64(91)45-80(61,8)81(67,108-71)66(93)49-105-50-86-69(95)46-85-77(100)106-48-53-21-24-57(25-22-53)87-74(97)62(19-14-32-84-76(82)99)88-75(98)72(51(2)3)78(5,6)65(92)30-34-101-36-38-103-40-41-104-39-37-102-35-33-83-68(94)27-28-70(96)89-47-55-17-11-10-16-54(55)42-52(4)59-18-12-13-20-63(59)89/h10-13,16-18,20-22,24-25,29,31,42-43,51,60-62,64,67,71-73,91H,9,14-15,19,23,26-28,30,32-41,44-50H2,1-8H3,(H,83,94)(H,85,100)(H,86,95)(H,87,97)(H,88,98)(H3,82,84,99)/b52-42-/t60-,61?,62-,64-,67+,71?,72-,73?,79-,80-,81+/m0/s1. The second-order valence-corrected chi connectivity index (χ2v) is 30.2. The number of benzene rings is 3. The number of nitrogens with one attached hydrogen (secondary N) is 6. The highest BCUT2D eigenvalue weighted by Crippen LogP contribution is 2.70. The van der Waals surface area contributed by atoms with Crippen LogP contribution in [-0.4, -0.2) is 180 Å². The molecule has 9 rings (SSSR count). The van der Waals surface area contributed by atoms with Gasteiger partial charge in [-0.1, -0.05) is 127 Å². The first-order valence-corrected chi connectivity index (χ1v) is 37.9. The third kappa shape index (κ3) is 20.7. The van der Waals surface area contributed by atoms with Crippen LogP contribution in [0, 0.1) is 45.8 Å². The van der Waals surface area contributed by atoms with Gasteiger partial charge in [0.2, 0.25) is 29.5 Å². The highest BCUT2D eigenvalue weighted by molar-refractivity contribution is 6.02. The molecule has 588 valence electrons. The summed E-state index contributed by atoms with van der Waals surface area (Å²) in [7, 11) is 0. The second kappa shape index (κ2) is 38.7. The number of ketones is 3. The summed E-state index contributed by atoms with van der Waals surface area (Å²) >= 11 is 0. The molecule has 3 unspecified atom stereocenters. The number of para-hydroxylation sites is 1. The van der Waals surface area contributed by atoms with E-state index < -0.39 is 95.3 Å². The zero-order valence-electron chi connectivity index (χ0n) is 63.6. The number of rotatable bonds is 40. The van der Waals surface area contributed by atoms with E-state index in [0.29, 0.717) is 69.9 Å². The van der Waals surface area contributed by atoms with Crippen molar-refractivity contribution in [2.45, 2.75) is 169 Å². The van der Waals surface area contributed by atoms with Crippen LogP contribution in [0.4, 0.5) is 21.0 Å². The molecule has 0 bridgehead atoms. The van der Waals surface area contributed by atoms with Gasteiger partial charge in [0.05, 0.1) is 83.2 Å². The van der Waals surface area contributed by atoms with E-state index in [9.17, 15) is 53.1 Å². The topological polar surface area (TPSA) is 366 Å². The smallest absolute Gasteiger partial charge is 0.407 e. The van der Waals surface area contributed by atoms with Crippen LogP contribution in [0.2, 0.25) is 0 Å². The lowest BCUT2D eigenvalue weighted by molar-refractivity contribution is -0.201. The van der Waals surface area contributed by atoms with E-state index in [0.717, 1.165) is 46.4 Å². The van der Waals surface area contributed by atoms with Crippen molar-refractivity contribution >= 4 is 82.0 Å². The Morgan fingerprint density at radius 1 is 0.778 bits per heavy atom. The molecule has 0 spiro atoms. The van der Waals surface area contributed by atoms with Crippen LogP contribution < -0.4 is 42.5 Å². The molecule has 4 aliphatic carbocycles. The first-order valence-electron chi connectivity index (χ1n) is 37.9. The summed E-state index contributed by atoms with van der Waals surface area (Å²) in [6, 6.07) is 20.3. The van der Waals surface area contributed by atoms with Gasteiger partial charge in [-0.2, -0.15) is 0 Å². The number of alkyl carbamates (subject to hydrolysis) is 1. The van der Waals surface area contributed by atoms with Gasteiger partial charge in [0.15, 0.2) is 23.5 Å². The Kier molecular flexibility index (Phi) is 29.9. The first kappa shape index (κ1) is 83.5. The molecule has 3 aromatic carbocycles. The van der Waals surface area contributed by atoms with Crippen molar-refractivity contribution in [3.63, 3.8) is 0 Å². The third-order valence-electron chi connectivity index (χ3n) is 22.3. The van der Waals surface area contributed by atoms with Gasteiger partial charge in [-0.05, 0) is 122 Å². The number of primary amides is 1. The molecule has 27 heteroatoms. The number of allylic oxidation sites excluding steroid dienone is 5. The van der Waals surface area contributed by atoms with Crippen LogP contribution in [0.5, 0.6) is 0 Å². The number of fused-ring (bicyclic) bond motifs is 9. The number of hydrogen-bond acceptors (Lipinski definition) is 19. The van der Waals surface area contributed by atoms with Crippen molar-refractivity contribution in [2.24, 2.45) is 51.6 Å². The normalized spacial score (nSPS) is 24.2. The number of Topliss-reactive ketones (excluding diaryl/α,β-unsaturated/α-hetero) is 2. The Morgan fingerprint density at radius 3 is 2.19 bits per heavy atom. The SMILES string of the molecule is CCCC1O[C@@H]2CC3[C@@H]4CCC5=CC(=O)C=C[C@]5(C)C4[C@@H](O)C[C@]3(C)[C@]2(C(=O)COCNC(=O)CNC(=O)OCc2ccc(NC(=O)[C@H](CCCNC(N)=O)NC(=O)[C@H](C(C)C)C(C)(C)C(=O)CCOCCOCCOCCOCCNC(=O)CCC(=O)N3Cc4ccccc4/C=C(/C)c4ccccc43)cc2)O1. The molecule has 27 nitrogen and oxygen atoms in total. The van der Waals surface area contributed by atoms with E-state index in [4.69, 9.17) is 43.6 Å². The number of nitrogens with zero attached hydrogens (tertiary/aromatic N) is 1. The molecule has 108 heavy (non-hydrogen) atoms. The molecule has 1 saturated heterocycles. The van der Waals surface area contributed by atoms with Crippen LogP contribution in [0.3, 0.4) is 0 Å². The fourth-order valence-corrected chi connectivity index (χ4v) is 17.0. The largest absolute Gasteiger partial charge is 0.445 e. The molecule has 6 aliphatic rings. The monoisotopic (exact) mass is 1500 g/mol. The molecule has 9 N–H and O–H groups in total. The second-order valence-electron chi connectivity index (χ2n) is 30.2. The third-order valence-corrected chi connectivity index (χ3v) is 22.3. The summed E-state index contributed by atoms with van der Waals surface area (Å²) < 4.78 is 46.9. The maximum atomic E-state index is 14.6. The average molecular weight is 1500 g/mol. The molecule has 4 fully saturated rings. The molecule has 8 amide bonds. The van der Waals surface area contributed by atoms with Crippen molar-refractivity contribution in [3.05, 3.63) is 119 Å². The van der Waals surface area contributed by atoms with E-state index in [1.54, 1.807) is 55.2 Å². The van der Waals surface area contributed by atoms with Gasteiger partial charge in [0, 0.05) is 65.8 Å². The number of urea groups is 1. The zero-order chi connectivity index (χ0) is 77.8. The van der Waals surface area contributed by atoms with Crippen molar-refractivity contribution in [1.29, 1.82) is 0 Å². The highest BCUT2D eigenvalue weighted by atomic mass is 16.7. The van der Waals surface area contributed by atoms with Crippen LogP contribution >= 0.6 is 0 Å². The Labute approximate surface area is 632 Å². The van der Waals surface area contributed by atoms with Crippen molar-refractivity contribution in [3.8, 4) is 0 Å². The van der Waals surface area contributed by atoms with Crippen molar-refractivity contribution < 1.29 is 90.9 Å². The molecule has 0 aromatic heterocycles. The Balaban J connectivity index is 0.627. The van der Waals surface area contributed by atoms with E-state index in [-0.39, 0.29) is 138 Å². The lowest BCUT2D eigenvalue weighted by Gasteiger charge is -2.59. The molecular formula is C81H110N8O19. The number of aliphatic hydroxyl groups excluding tert-OH is 1. The van der Waals surface area contributed by atoms with Gasteiger partial charge in [-0.25, -0.2) is 9.59 Å². The maximum Gasteiger partial charge on any atom is 0.407 e. The number of hydrogen-bond donors (Lipinski definition) is 8. The lowest BCUT2D eigenvalue weighted by atomic mass is 9.46. The Hall–Kier alpha value is -8.54. The van der Waals surface area contributed by atoms with E-state index in [1.807, 2.05) is 89.2 Å². The van der Waals surface area contributed by atoms with Gasteiger partial charge >= 0.3 is 12.1 Å². The maximum absolute atomic E-state index is 14.6. The number of anilines is 2. The number of nitrogens with two attached hydrogens (primary N) is 1. The van der Waals surface area contributed by atoms with Crippen LogP contribution in [0.25, 0.3) is 11.6 Å². The molecule has 0 radical (unpaired) electrons. The zero-order valence-corrected chi connectivity index (χ0v) is 63.6. The molecule has 2 aliphatic heterocycles. The molecule has 3 aromatic rings. The highest BCUT2D eigenvalue weighted by Gasteiger charge is 2.76. The number of carbonyl (C=O) groups excluding carboxylic acids is 10. The van der Waals surface area contributed by atoms with Gasteiger partial charge in [0.25, 0.3) is 0 Å². The van der Waals surface area contributed by atoms with Gasteiger partial charge in [-0.15, -0.1) is 0 Å². The summed E-state index contributed by atoms with van der Waals surface area (Å²) in [6.45, 7) is 16.6. The van der Waals surface area contributed by atoms with Gasteiger partial charge < -0.3 is 85.5 Å². The van der Waals surface area contributed by atoms with Crippen LogP contribution in [-0.2, 0) is 89.4 Å². The van der Waals surface area contributed by atoms with Crippen molar-refractivity contribution in [2.75, 3.05) is 96.0 Å². The predicted molar refractivity (Wildman–Crippen MR) is 402 cm³/mol. The average Bonchev–Trinajstić information content (AvgIpc) is 1.50. The quantitative estimate of drug-likeness (QED) is 0.0198. The summed E-state index contributed by atoms with van der Waals surface area (Å²) in [5.74, 6) is -3.98. The molecule has 3 saturated carbocycles.